The third-order valence-corrected chi connectivity index (χ3v) is 3.40. The first-order valence-electron chi connectivity index (χ1n) is 6.65. The van der Waals surface area contributed by atoms with Crippen LogP contribution in [0.25, 0.3) is 0 Å². The largest absolute Gasteiger partial charge is 0.319 e. The first-order chi connectivity index (χ1) is 9.06. The van der Waals surface area contributed by atoms with E-state index in [1.807, 2.05) is 23.7 Å². The third-order valence-electron chi connectivity index (χ3n) is 3.40. The number of hydrogen-bond donors (Lipinski definition) is 1. The van der Waals surface area contributed by atoms with Crippen molar-refractivity contribution in [3.63, 3.8) is 0 Å². The van der Waals surface area contributed by atoms with Crippen LogP contribution in [0.5, 0.6) is 0 Å². The number of aromatic nitrogens is 2. The summed E-state index contributed by atoms with van der Waals surface area (Å²) in [6.07, 6.45) is 0.870. The molecule has 1 aromatic carbocycles. The second-order valence-electron chi connectivity index (χ2n) is 4.72. The van der Waals surface area contributed by atoms with Crippen molar-refractivity contribution in [3.8, 4) is 0 Å². The standard InChI is InChI=1S/C15H20FN3/c1-4-12-9-14(19(5-2)18-12)15(17)11-7-6-10(3)13(16)8-11/h6-9,15H,4-5,17H2,1-3H3. The third kappa shape index (κ3) is 2.68. The van der Waals surface area contributed by atoms with Crippen molar-refractivity contribution >= 4 is 0 Å². The molecule has 2 N–H and O–H groups in total. The fourth-order valence-corrected chi connectivity index (χ4v) is 2.14. The van der Waals surface area contributed by atoms with E-state index in [-0.39, 0.29) is 11.9 Å². The number of aryl methyl sites for hydroxylation is 3. The molecule has 1 heterocycles. The summed E-state index contributed by atoms with van der Waals surface area (Å²) in [5.74, 6) is -0.216. The lowest BCUT2D eigenvalue weighted by Crippen LogP contribution is -2.17. The van der Waals surface area contributed by atoms with E-state index in [9.17, 15) is 4.39 Å². The zero-order chi connectivity index (χ0) is 14.0. The van der Waals surface area contributed by atoms with Crippen LogP contribution in [0, 0.1) is 12.7 Å². The van der Waals surface area contributed by atoms with Crippen LogP contribution in [-0.2, 0) is 13.0 Å². The highest BCUT2D eigenvalue weighted by Gasteiger charge is 2.16. The van der Waals surface area contributed by atoms with Crippen LogP contribution in [0.15, 0.2) is 24.3 Å². The lowest BCUT2D eigenvalue weighted by atomic mass is 10.0. The number of hydrogen-bond acceptors (Lipinski definition) is 2. The van der Waals surface area contributed by atoms with Gasteiger partial charge in [-0.25, -0.2) is 4.39 Å². The van der Waals surface area contributed by atoms with E-state index < -0.39 is 0 Å². The Morgan fingerprint density at radius 1 is 1.32 bits per heavy atom. The van der Waals surface area contributed by atoms with E-state index in [1.165, 1.54) is 6.07 Å². The Morgan fingerprint density at radius 3 is 2.63 bits per heavy atom. The van der Waals surface area contributed by atoms with Crippen molar-refractivity contribution in [2.45, 2.75) is 39.8 Å². The maximum Gasteiger partial charge on any atom is 0.126 e. The van der Waals surface area contributed by atoms with Gasteiger partial charge in [0.2, 0.25) is 0 Å². The Labute approximate surface area is 113 Å². The average molecular weight is 261 g/mol. The maximum atomic E-state index is 13.6. The second-order valence-corrected chi connectivity index (χ2v) is 4.72. The predicted molar refractivity (Wildman–Crippen MR) is 74.4 cm³/mol. The number of rotatable bonds is 4. The number of nitrogens with zero attached hydrogens (tertiary/aromatic N) is 2. The molecule has 0 radical (unpaired) electrons. The van der Waals surface area contributed by atoms with E-state index in [2.05, 4.69) is 12.0 Å². The molecule has 1 unspecified atom stereocenters. The van der Waals surface area contributed by atoms with Crippen LogP contribution in [-0.4, -0.2) is 9.78 Å². The zero-order valence-electron chi connectivity index (χ0n) is 11.7. The fraction of sp³-hybridized carbons (Fsp3) is 0.400. The van der Waals surface area contributed by atoms with E-state index in [1.54, 1.807) is 13.0 Å². The summed E-state index contributed by atoms with van der Waals surface area (Å²) in [7, 11) is 0. The summed E-state index contributed by atoms with van der Waals surface area (Å²) in [5, 5.41) is 4.48. The van der Waals surface area contributed by atoms with Gasteiger partial charge in [0.1, 0.15) is 5.82 Å². The molecule has 0 aliphatic heterocycles. The van der Waals surface area contributed by atoms with Gasteiger partial charge in [-0.15, -0.1) is 0 Å². The highest BCUT2D eigenvalue weighted by Crippen LogP contribution is 2.22. The van der Waals surface area contributed by atoms with Crippen molar-refractivity contribution in [1.82, 2.24) is 9.78 Å². The topological polar surface area (TPSA) is 43.8 Å². The Hall–Kier alpha value is -1.68. The smallest absolute Gasteiger partial charge is 0.126 e. The molecule has 0 saturated carbocycles. The number of halogens is 1. The highest BCUT2D eigenvalue weighted by atomic mass is 19.1. The van der Waals surface area contributed by atoms with E-state index in [0.717, 1.165) is 29.9 Å². The molecular formula is C15H20FN3. The molecule has 0 amide bonds. The molecule has 0 fully saturated rings. The Kier molecular flexibility index (Phi) is 4.00. The molecule has 102 valence electrons. The van der Waals surface area contributed by atoms with E-state index >= 15 is 0 Å². The highest BCUT2D eigenvalue weighted by molar-refractivity contribution is 5.31. The van der Waals surface area contributed by atoms with Crippen LogP contribution in [0.1, 0.15) is 42.4 Å². The van der Waals surface area contributed by atoms with Crippen LogP contribution in [0.4, 0.5) is 4.39 Å². The van der Waals surface area contributed by atoms with Crippen molar-refractivity contribution in [2.24, 2.45) is 5.73 Å². The predicted octanol–water partition coefficient (Wildman–Crippen LogP) is 2.96. The quantitative estimate of drug-likeness (QED) is 0.919. The minimum atomic E-state index is -0.345. The maximum absolute atomic E-state index is 13.6. The molecule has 0 aliphatic rings. The monoisotopic (exact) mass is 261 g/mol. The Morgan fingerprint density at radius 2 is 2.05 bits per heavy atom. The zero-order valence-corrected chi connectivity index (χ0v) is 11.7. The van der Waals surface area contributed by atoms with Gasteiger partial charge in [0, 0.05) is 6.54 Å². The van der Waals surface area contributed by atoms with Gasteiger partial charge in [-0.2, -0.15) is 5.10 Å². The summed E-state index contributed by atoms with van der Waals surface area (Å²) in [4.78, 5) is 0. The van der Waals surface area contributed by atoms with Crippen LogP contribution >= 0.6 is 0 Å². The molecule has 2 aromatic rings. The van der Waals surface area contributed by atoms with Crippen molar-refractivity contribution < 1.29 is 4.39 Å². The van der Waals surface area contributed by atoms with Crippen molar-refractivity contribution in [3.05, 3.63) is 52.6 Å². The van der Waals surface area contributed by atoms with Crippen LogP contribution in [0.3, 0.4) is 0 Å². The molecule has 1 aromatic heterocycles. The molecule has 1 atom stereocenters. The summed E-state index contributed by atoms with van der Waals surface area (Å²) >= 11 is 0. The number of nitrogens with two attached hydrogens (primary N) is 1. The lowest BCUT2D eigenvalue weighted by molar-refractivity contribution is 0.588. The Balaban J connectivity index is 2.39. The van der Waals surface area contributed by atoms with Crippen molar-refractivity contribution in [1.29, 1.82) is 0 Å². The van der Waals surface area contributed by atoms with Crippen LogP contribution in [0.2, 0.25) is 0 Å². The van der Waals surface area contributed by atoms with Gasteiger partial charge in [-0.1, -0.05) is 19.1 Å². The molecule has 0 saturated heterocycles. The minimum absolute atomic E-state index is 0.216. The van der Waals surface area contributed by atoms with Crippen molar-refractivity contribution in [2.75, 3.05) is 0 Å². The fourth-order valence-electron chi connectivity index (χ4n) is 2.14. The van der Waals surface area contributed by atoms with Gasteiger partial charge in [-0.3, -0.25) is 4.68 Å². The summed E-state index contributed by atoms with van der Waals surface area (Å²) in [5.41, 5.74) is 9.61. The van der Waals surface area contributed by atoms with E-state index in [0.29, 0.717) is 5.56 Å². The number of benzene rings is 1. The SMILES string of the molecule is CCc1cc(C(N)c2ccc(C)c(F)c2)n(CC)n1. The second kappa shape index (κ2) is 5.53. The van der Waals surface area contributed by atoms with Gasteiger partial charge in [0.05, 0.1) is 17.4 Å². The van der Waals surface area contributed by atoms with Gasteiger partial charge in [0.15, 0.2) is 0 Å². The average Bonchev–Trinajstić information content (AvgIpc) is 2.84. The first kappa shape index (κ1) is 13.7. The lowest BCUT2D eigenvalue weighted by Gasteiger charge is -2.14. The summed E-state index contributed by atoms with van der Waals surface area (Å²) in [6.45, 7) is 6.59. The molecule has 0 bridgehead atoms. The molecule has 0 aliphatic carbocycles. The molecule has 2 rings (SSSR count). The molecule has 3 nitrogen and oxygen atoms in total. The summed E-state index contributed by atoms with van der Waals surface area (Å²) < 4.78 is 15.5. The molecule has 19 heavy (non-hydrogen) atoms. The van der Waals surface area contributed by atoms with Crippen LogP contribution < -0.4 is 5.73 Å². The van der Waals surface area contributed by atoms with E-state index in [4.69, 9.17) is 5.73 Å². The molecule has 4 heteroatoms. The molecular weight excluding hydrogens is 241 g/mol. The van der Waals surface area contributed by atoms with Gasteiger partial charge in [0.25, 0.3) is 0 Å². The normalized spacial score (nSPS) is 12.7. The van der Waals surface area contributed by atoms with Gasteiger partial charge in [-0.05, 0) is 43.5 Å². The molecule has 0 spiro atoms. The van der Waals surface area contributed by atoms with Gasteiger partial charge < -0.3 is 5.73 Å². The Bertz CT molecular complexity index is 575. The first-order valence-corrected chi connectivity index (χ1v) is 6.65. The summed E-state index contributed by atoms with van der Waals surface area (Å²) in [6, 6.07) is 6.81. The minimum Gasteiger partial charge on any atom is -0.319 e. The van der Waals surface area contributed by atoms with Gasteiger partial charge >= 0.3 is 0 Å².